The van der Waals surface area contributed by atoms with Gasteiger partial charge >= 0.3 is 0 Å². The molecule has 0 unspecified atom stereocenters. The Hall–Kier alpha value is -1.78. The number of halogens is 2. The maximum atomic E-state index is 13.8. The third-order valence-electron chi connectivity index (χ3n) is 6.75. The Balaban J connectivity index is 1.38. The number of hydrogen-bond acceptors (Lipinski definition) is 0. The van der Waals surface area contributed by atoms with Crippen LogP contribution in [0.3, 0.4) is 0 Å². The van der Waals surface area contributed by atoms with Crippen molar-refractivity contribution in [2.45, 2.75) is 84.0 Å². The minimum Gasteiger partial charge on any atom is -0.206 e. The van der Waals surface area contributed by atoms with Crippen molar-refractivity contribution in [3.8, 4) is 11.8 Å². The molecule has 1 aliphatic rings. The van der Waals surface area contributed by atoms with E-state index in [0.29, 0.717) is 10.6 Å². The number of hydrogen-bond donors (Lipinski definition) is 0. The summed E-state index contributed by atoms with van der Waals surface area (Å²) in [4.78, 5) is 0. The van der Waals surface area contributed by atoms with Crippen LogP contribution in [0.15, 0.2) is 42.5 Å². The van der Waals surface area contributed by atoms with E-state index in [1.54, 1.807) is 12.1 Å². The molecule has 1 aliphatic carbocycles. The van der Waals surface area contributed by atoms with Crippen molar-refractivity contribution in [1.82, 2.24) is 0 Å². The maximum absolute atomic E-state index is 13.8. The molecule has 0 atom stereocenters. The number of unbranched alkanes of at least 4 members (excludes halogenated alkanes) is 4. The van der Waals surface area contributed by atoms with Crippen molar-refractivity contribution in [3.05, 3.63) is 70.0 Å². The molecule has 0 amide bonds. The van der Waals surface area contributed by atoms with Crippen molar-refractivity contribution in [1.29, 1.82) is 0 Å². The molecule has 0 aromatic heterocycles. The normalized spacial score (nSPS) is 18.4. The third kappa shape index (κ3) is 8.34. The monoisotopic (exact) mass is 438 g/mol. The van der Waals surface area contributed by atoms with Gasteiger partial charge in [-0.1, -0.05) is 107 Å². The van der Waals surface area contributed by atoms with Crippen molar-refractivity contribution < 1.29 is 4.39 Å². The number of benzene rings is 2. The average molecular weight is 439 g/mol. The van der Waals surface area contributed by atoms with Gasteiger partial charge in [-0.15, -0.1) is 0 Å². The zero-order valence-electron chi connectivity index (χ0n) is 18.9. The van der Waals surface area contributed by atoms with Crippen molar-refractivity contribution in [2.75, 3.05) is 0 Å². The topological polar surface area (TPSA) is 0 Å². The first-order chi connectivity index (χ1) is 15.1. The lowest BCUT2D eigenvalue weighted by Crippen LogP contribution is -2.15. The van der Waals surface area contributed by atoms with E-state index in [1.165, 1.54) is 82.3 Å². The van der Waals surface area contributed by atoms with Gasteiger partial charge in [0.1, 0.15) is 5.82 Å². The molecular formula is C29H36ClF. The van der Waals surface area contributed by atoms with Gasteiger partial charge < -0.3 is 0 Å². The summed E-state index contributed by atoms with van der Waals surface area (Å²) in [6, 6.07) is 13.0. The standard InChI is InChI=1S/C29H36ClF/c1-2-3-4-5-6-7-23-8-10-24(11-9-23)12-13-25-14-16-26(17-15-25)18-19-27-20-21-28(30)22-29(27)31/h14-17,20-24H,2-13H2,1H3. The SMILES string of the molecule is CCCCCCCC1CCC(CCc2ccc(C#Cc3ccc(Cl)cc3F)cc2)CC1. The van der Waals surface area contributed by atoms with E-state index in [0.717, 1.165) is 23.8 Å². The van der Waals surface area contributed by atoms with E-state index in [9.17, 15) is 4.39 Å². The quantitative estimate of drug-likeness (QED) is 0.270. The summed E-state index contributed by atoms with van der Waals surface area (Å²) in [6.07, 6.45) is 16.6. The molecule has 2 heteroatoms. The Bertz CT molecular complexity index is 851. The highest BCUT2D eigenvalue weighted by Gasteiger charge is 2.20. The Labute approximate surface area is 193 Å². The molecule has 0 aliphatic heterocycles. The van der Waals surface area contributed by atoms with Crippen LogP contribution in [0.1, 0.15) is 94.2 Å². The molecule has 2 aromatic carbocycles. The zero-order chi connectivity index (χ0) is 21.9. The van der Waals surface area contributed by atoms with E-state index in [1.807, 2.05) is 12.1 Å². The molecule has 0 spiro atoms. The van der Waals surface area contributed by atoms with Crippen LogP contribution in [0.4, 0.5) is 4.39 Å². The second kappa shape index (κ2) is 12.9. The summed E-state index contributed by atoms with van der Waals surface area (Å²) < 4.78 is 13.8. The highest BCUT2D eigenvalue weighted by molar-refractivity contribution is 6.30. The molecule has 2 aromatic rings. The van der Waals surface area contributed by atoms with Crippen LogP contribution in [0.5, 0.6) is 0 Å². The first-order valence-corrected chi connectivity index (χ1v) is 12.6. The van der Waals surface area contributed by atoms with E-state index in [2.05, 4.69) is 30.9 Å². The van der Waals surface area contributed by atoms with Gasteiger partial charge in [-0.05, 0) is 60.6 Å². The lowest BCUT2D eigenvalue weighted by molar-refractivity contribution is 0.248. The smallest absolute Gasteiger partial charge is 0.140 e. The molecular weight excluding hydrogens is 403 g/mol. The summed E-state index contributed by atoms with van der Waals surface area (Å²) in [5.74, 6) is 7.47. The molecule has 0 N–H and O–H groups in total. The highest BCUT2D eigenvalue weighted by Crippen LogP contribution is 2.34. The third-order valence-corrected chi connectivity index (χ3v) is 6.99. The minimum absolute atomic E-state index is 0.372. The van der Waals surface area contributed by atoms with Gasteiger partial charge in [-0.25, -0.2) is 4.39 Å². The first kappa shape index (κ1) is 23.9. The minimum atomic E-state index is -0.372. The molecule has 0 bridgehead atoms. The maximum Gasteiger partial charge on any atom is 0.140 e. The summed E-state index contributed by atoms with van der Waals surface area (Å²) >= 11 is 5.79. The van der Waals surface area contributed by atoms with Crippen LogP contribution in [-0.4, -0.2) is 0 Å². The fourth-order valence-corrected chi connectivity index (χ4v) is 4.86. The molecule has 0 saturated heterocycles. The molecule has 0 radical (unpaired) electrons. The highest BCUT2D eigenvalue weighted by atomic mass is 35.5. The summed E-state index contributed by atoms with van der Waals surface area (Å²) in [5, 5.41) is 0.392. The molecule has 166 valence electrons. The number of rotatable bonds is 9. The van der Waals surface area contributed by atoms with Gasteiger partial charge in [0, 0.05) is 10.6 Å². The van der Waals surface area contributed by atoms with Gasteiger partial charge in [-0.2, -0.15) is 0 Å². The average Bonchev–Trinajstić information content (AvgIpc) is 2.78. The lowest BCUT2D eigenvalue weighted by Gasteiger charge is -2.28. The largest absolute Gasteiger partial charge is 0.206 e. The lowest BCUT2D eigenvalue weighted by atomic mass is 9.77. The van der Waals surface area contributed by atoms with E-state index in [-0.39, 0.29) is 5.82 Å². The predicted molar refractivity (Wildman–Crippen MR) is 131 cm³/mol. The van der Waals surface area contributed by atoms with Gasteiger partial charge in [-0.3, -0.25) is 0 Å². The molecule has 31 heavy (non-hydrogen) atoms. The zero-order valence-corrected chi connectivity index (χ0v) is 19.7. The molecule has 1 saturated carbocycles. The first-order valence-electron chi connectivity index (χ1n) is 12.2. The van der Waals surface area contributed by atoms with Crippen LogP contribution < -0.4 is 0 Å². The van der Waals surface area contributed by atoms with Gasteiger partial charge in [0.2, 0.25) is 0 Å². The Morgan fingerprint density at radius 1 is 0.839 bits per heavy atom. The van der Waals surface area contributed by atoms with Crippen LogP contribution in [0.2, 0.25) is 5.02 Å². The Morgan fingerprint density at radius 2 is 1.52 bits per heavy atom. The van der Waals surface area contributed by atoms with Gasteiger partial charge in [0.25, 0.3) is 0 Å². The summed E-state index contributed by atoms with van der Waals surface area (Å²) in [7, 11) is 0. The van der Waals surface area contributed by atoms with Gasteiger partial charge in [0.05, 0.1) is 5.56 Å². The Kier molecular flexibility index (Phi) is 9.95. The van der Waals surface area contributed by atoms with Crippen LogP contribution >= 0.6 is 11.6 Å². The van der Waals surface area contributed by atoms with Crippen LogP contribution in [0, 0.1) is 29.5 Å². The molecule has 1 fully saturated rings. The van der Waals surface area contributed by atoms with Crippen molar-refractivity contribution in [3.63, 3.8) is 0 Å². The number of aryl methyl sites for hydroxylation is 1. The second-order valence-corrected chi connectivity index (χ2v) is 9.64. The fourth-order valence-electron chi connectivity index (χ4n) is 4.70. The van der Waals surface area contributed by atoms with Crippen molar-refractivity contribution >= 4 is 11.6 Å². The van der Waals surface area contributed by atoms with Gasteiger partial charge in [0.15, 0.2) is 0 Å². The Morgan fingerprint density at radius 3 is 2.19 bits per heavy atom. The summed E-state index contributed by atoms with van der Waals surface area (Å²) in [5.41, 5.74) is 2.67. The van der Waals surface area contributed by atoms with Crippen LogP contribution in [-0.2, 0) is 6.42 Å². The molecule has 0 heterocycles. The molecule has 0 nitrogen and oxygen atoms in total. The second-order valence-electron chi connectivity index (χ2n) is 9.20. The summed E-state index contributed by atoms with van der Waals surface area (Å²) in [6.45, 7) is 2.29. The van der Waals surface area contributed by atoms with Crippen LogP contribution in [0.25, 0.3) is 0 Å². The van der Waals surface area contributed by atoms with E-state index >= 15 is 0 Å². The van der Waals surface area contributed by atoms with E-state index < -0.39 is 0 Å². The van der Waals surface area contributed by atoms with E-state index in [4.69, 9.17) is 11.6 Å². The van der Waals surface area contributed by atoms with Crippen molar-refractivity contribution in [2.24, 2.45) is 11.8 Å². The fraction of sp³-hybridized carbons (Fsp3) is 0.517. The predicted octanol–water partition coefficient (Wildman–Crippen LogP) is 8.98. The molecule has 3 rings (SSSR count).